The summed E-state index contributed by atoms with van der Waals surface area (Å²) < 4.78 is 0. The van der Waals surface area contributed by atoms with Crippen LogP contribution in [0.4, 0.5) is 0 Å². The van der Waals surface area contributed by atoms with Gasteiger partial charge >= 0.3 is 0 Å². The monoisotopic (exact) mass is 1070 g/mol. The first-order chi connectivity index (χ1) is 35.0. The molecule has 0 aromatic carbocycles. The first-order valence-corrected chi connectivity index (χ1v) is 30.5. The second-order valence-corrected chi connectivity index (χ2v) is 26.9. The summed E-state index contributed by atoms with van der Waals surface area (Å²) in [6.45, 7) is 47.6. The normalized spacial score (nSPS) is 32.2. The second kappa shape index (κ2) is 38.0. The highest BCUT2D eigenvalue weighted by molar-refractivity contribution is 4.93. The van der Waals surface area contributed by atoms with Crippen molar-refractivity contribution in [3.05, 3.63) is 12.2 Å². The van der Waals surface area contributed by atoms with Gasteiger partial charge in [-0.2, -0.15) is 0 Å². The molecule has 8 N–H and O–H groups in total. The van der Waals surface area contributed by atoms with Crippen molar-refractivity contribution >= 4 is 0 Å². The molecule has 0 bridgehead atoms. The Morgan fingerprint density at radius 1 is 0.440 bits per heavy atom. The van der Waals surface area contributed by atoms with Gasteiger partial charge < -0.3 is 61.5 Å². The van der Waals surface area contributed by atoms with Gasteiger partial charge in [0.2, 0.25) is 0 Å². The summed E-state index contributed by atoms with van der Waals surface area (Å²) in [6, 6.07) is 2.12. The molecule has 0 saturated carbocycles. The number of rotatable bonds is 15. The summed E-state index contributed by atoms with van der Waals surface area (Å²) in [5.74, 6) is 2.74. The molecule has 0 radical (unpaired) electrons. The maximum atomic E-state index is 12.2. The van der Waals surface area contributed by atoms with Gasteiger partial charge in [-0.3, -0.25) is 9.80 Å². The topological polar surface area (TPSA) is 140 Å². The first kappa shape index (κ1) is 72.2. The molecule has 1 unspecified atom stereocenters. The molecule has 0 spiro atoms. The molecule has 0 amide bonds. The summed E-state index contributed by atoms with van der Waals surface area (Å²) in [5, 5.41) is 54.7. The van der Waals surface area contributed by atoms with Gasteiger partial charge in [-0.15, -0.1) is 0 Å². The molecule has 0 aliphatic carbocycles. The molecule has 1 rings (SSSR count). The number of hydrogen-bond acceptors (Lipinski definition) is 14. The lowest BCUT2D eigenvalue weighted by Crippen LogP contribution is -2.59. The Morgan fingerprint density at radius 3 is 1.39 bits per heavy atom. The number of allylic oxidation sites excluding steroid dienone is 2. The van der Waals surface area contributed by atoms with Crippen molar-refractivity contribution in [1.29, 1.82) is 0 Å². The second-order valence-electron chi connectivity index (χ2n) is 26.9. The molecule has 15 atom stereocenters. The van der Waals surface area contributed by atoms with E-state index in [0.29, 0.717) is 79.4 Å². The van der Waals surface area contributed by atoms with Crippen LogP contribution in [0, 0.1) is 35.5 Å². The fourth-order valence-electron chi connectivity index (χ4n) is 11.7. The van der Waals surface area contributed by atoms with Crippen LogP contribution in [0.25, 0.3) is 0 Å². The molecular weight excluding hydrogens is 935 g/mol. The zero-order valence-electron chi connectivity index (χ0n) is 53.5. The predicted molar refractivity (Wildman–Crippen MR) is 325 cm³/mol. The smallest absolute Gasteiger partial charge is 0.0736 e. The third-order valence-electron chi connectivity index (χ3n) is 16.7. The highest BCUT2D eigenvalue weighted by Crippen LogP contribution is 2.22. The summed E-state index contributed by atoms with van der Waals surface area (Å²) in [4.78, 5) is 14.8. The van der Waals surface area contributed by atoms with Crippen LogP contribution in [-0.4, -0.2) is 244 Å². The Hall–Kier alpha value is -0.820. The van der Waals surface area contributed by atoms with Gasteiger partial charge in [0.15, 0.2) is 0 Å². The molecular formula is C61H131N11O3. The van der Waals surface area contributed by atoms with Gasteiger partial charge in [0.25, 0.3) is 0 Å². The van der Waals surface area contributed by atoms with Crippen LogP contribution in [0.5, 0.6) is 0 Å². The molecule has 75 heavy (non-hydrogen) atoms. The van der Waals surface area contributed by atoms with Crippen molar-refractivity contribution in [2.75, 3.05) is 114 Å². The standard InChI is InChI=1S/C61H131N11O3/c1-24-25-26-47(12)61(75)59-35-66-57(51(16)73)40-67(18)50(15)37-70(21)58(52(17)74)34-65-53(27-42(2)3)38-69(20)55(29-44(6)7)32-63-48(13)31-62-49(14)36-68(19)56(30-45(8)9)33-64-54(28-43(4)5)39-71(22)60(46(10)11)41-72(59)23/h24-25,42-66,73-75H,26-41H2,1-23H3/b25-24+/t47-,48+,49-,50-,51-,52?,53+,54+,55+,56+,57+,58+,59+,60-,61-/m1/s1. The summed E-state index contributed by atoms with van der Waals surface area (Å²) in [6.07, 6.45) is 7.81. The third kappa shape index (κ3) is 29.5. The van der Waals surface area contributed by atoms with Crippen LogP contribution in [0.15, 0.2) is 12.2 Å². The van der Waals surface area contributed by atoms with Crippen LogP contribution < -0.4 is 26.6 Å². The van der Waals surface area contributed by atoms with E-state index < -0.39 is 18.3 Å². The molecule has 1 heterocycles. The number of nitrogens with zero attached hydrogens (tertiary/aromatic N) is 6. The van der Waals surface area contributed by atoms with Gasteiger partial charge in [0, 0.05) is 138 Å². The van der Waals surface area contributed by atoms with Crippen molar-refractivity contribution < 1.29 is 15.3 Å². The third-order valence-corrected chi connectivity index (χ3v) is 16.7. The molecule has 14 heteroatoms. The highest BCUT2D eigenvalue weighted by Gasteiger charge is 2.34. The zero-order chi connectivity index (χ0) is 57.3. The van der Waals surface area contributed by atoms with Crippen LogP contribution in [0.3, 0.4) is 0 Å². The minimum atomic E-state index is -0.599. The number of aliphatic hydroxyl groups is 3. The van der Waals surface area contributed by atoms with Crippen molar-refractivity contribution in [3.63, 3.8) is 0 Å². The van der Waals surface area contributed by atoms with Gasteiger partial charge in [-0.05, 0) is 151 Å². The molecule has 448 valence electrons. The average Bonchev–Trinajstić information content (AvgIpc) is 3.29. The lowest BCUT2D eigenvalue weighted by Gasteiger charge is -2.42. The van der Waals surface area contributed by atoms with E-state index in [9.17, 15) is 15.3 Å². The molecule has 14 nitrogen and oxygen atoms in total. The van der Waals surface area contributed by atoms with Crippen LogP contribution in [-0.2, 0) is 0 Å². The molecule has 1 saturated heterocycles. The van der Waals surface area contributed by atoms with Gasteiger partial charge in [0.05, 0.1) is 18.3 Å². The lowest BCUT2D eigenvalue weighted by atomic mass is 9.92. The molecule has 1 aliphatic rings. The Balaban J connectivity index is 3.76. The Morgan fingerprint density at radius 2 is 0.893 bits per heavy atom. The predicted octanol–water partition coefficient (Wildman–Crippen LogP) is 6.22. The van der Waals surface area contributed by atoms with Gasteiger partial charge in [0.1, 0.15) is 0 Å². The van der Waals surface area contributed by atoms with Gasteiger partial charge in [-0.1, -0.05) is 88.3 Å². The Bertz CT molecular complexity index is 1440. The minimum absolute atomic E-state index is 0.0609. The van der Waals surface area contributed by atoms with E-state index in [1.807, 2.05) is 20.8 Å². The molecule has 1 fully saturated rings. The first-order valence-electron chi connectivity index (χ1n) is 30.5. The lowest BCUT2D eigenvalue weighted by molar-refractivity contribution is 0.00560. The maximum absolute atomic E-state index is 12.2. The molecule has 1 aliphatic heterocycles. The number of likely N-dealkylation sites (N-methyl/N-ethyl adjacent to an activating group) is 6. The fourth-order valence-corrected chi connectivity index (χ4v) is 11.7. The van der Waals surface area contributed by atoms with E-state index in [1.165, 1.54) is 0 Å². The maximum Gasteiger partial charge on any atom is 0.0736 e. The largest absolute Gasteiger partial charge is 0.392 e. The molecule has 0 aromatic heterocycles. The van der Waals surface area contributed by atoms with E-state index in [4.69, 9.17) is 0 Å². The fraction of sp³-hybridized carbons (Fsp3) is 0.967. The highest BCUT2D eigenvalue weighted by atomic mass is 16.3. The number of nitrogens with one attached hydrogen (secondary N) is 5. The van der Waals surface area contributed by atoms with Crippen molar-refractivity contribution in [2.45, 2.75) is 235 Å². The summed E-state index contributed by atoms with van der Waals surface area (Å²) >= 11 is 0. The van der Waals surface area contributed by atoms with E-state index in [2.05, 4.69) is 207 Å². The minimum Gasteiger partial charge on any atom is -0.392 e. The molecule has 0 aromatic rings. The van der Waals surface area contributed by atoms with Crippen molar-refractivity contribution in [1.82, 2.24) is 56.0 Å². The summed E-state index contributed by atoms with van der Waals surface area (Å²) in [7, 11) is 13.4. The van der Waals surface area contributed by atoms with E-state index >= 15 is 0 Å². The SMILES string of the molecule is C/C=C/C[C@@H](C)[C@@H](O)[C@@H]1CN[C@H]([C@@H](C)O)CN(C)[C@H](C)CN(C)[C@H](C(C)O)CN[C@@H](CC(C)C)CN(C)[C@@H](CC(C)C)CN[C@@H](C)CN[C@H](C)CN(C)[C@@H](CC(C)C)CN[C@@H](CC(C)C)CN(C)[C@@H](C(C)C)CN1C. The quantitative estimate of drug-likeness (QED) is 0.0882. The Kier molecular flexibility index (Phi) is 36.6. The van der Waals surface area contributed by atoms with Crippen molar-refractivity contribution in [2.24, 2.45) is 35.5 Å². The van der Waals surface area contributed by atoms with Gasteiger partial charge in [-0.25, -0.2) is 0 Å². The zero-order valence-corrected chi connectivity index (χ0v) is 53.5. The number of aliphatic hydroxyl groups excluding tert-OH is 3. The number of hydrogen-bond donors (Lipinski definition) is 8. The van der Waals surface area contributed by atoms with E-state index in [1.54, 1.807) is 0 Å². The van der Waals surface area contributed by atoms with Crippen molar-refractivity contribution in [3.8, 4) is 0 Å². The van der Waals surface area contributed by atoms with Crippen LogP contribution >= 0.6 is 0 Å². The van der Waals surface area contributed by atoms with Crippen LogP contribution in [0.1, 0.15) is 150 Å². The average molecular weight is 1070 g/mol. The Labute approximate surface area is 466 Å². The van der Waals surface area contributed by atoms with Crippen LogP contribution in [0.2, 0.25) is 0 Å². The summed E-state index contributed by atoms with van der Waals surface area (Å²) in [5.41, 5.74) is 0. The van der Waals surface area contributed by atoms with E-state index in [-0.39, 0.29) is 42.2 Å². The van der Waals surface area contributed by atoms with E-state index in [0.717, 1.165) is 84.5 Å².